The van der Waals surface area contributed by atoms with E-state index in [1.54, 1.807) is 6.92 Å². The summed E-state index contributed by atoms with van der Waals surface area (Å²) in [4.78, 5) is 15.5. The molecule has 0 radical (unpaired) electrons. The summed E-state index contributed by atoms with van der Waals surface area (Å²) in [6.07, 6.45) is -63.1. The number of aliphatic hydroxyl groups is 23. The van der Waals surface area contributed by atoms with Crippen molar-refractivity contribution in [2.75, 3.05) is 46.2 Å². The molecule has 7 saturated heterocycles. The molecule has 38 nitrogen and oxygen atoms in total. The lowest BCUT2D eigenvalue weighted by Crippen LogP contribution is -2.68. The van der Waals surface area contributed by atoms with Gasteiger partial charge in [-0.1, -0.05) is 19.9 Å². The topological polar surface area (TPSA) is 612 Å². The van der Waals surface area contributed by atoms with E-state index in [1.807, 2.05) is 0 Å². The predicted molar refractivity (Wildman–Crippen MR) is 317 cm³/mol. The molecular weight excluding hydrogens is 1350 g/mol. The molecule has 576 valence electrons. The van der Waals surface area contributed by atoms with E-state index >= 15 is 4.79 Å². The van der Waals surface area contributed by atoms with Gasteiger partial charge in [0.15, 0.2) is 43.8 Å². The first kappa shape index (κ1) is 78.8. The van der Waals surface area contributed by atoms with Gasteiger partial charge in [-0.25, -0.2) is 0 Å². The number of carbonyl (C=O) groups is 1. The summed E-state index contributed by atoms with van der Waals surface area (Å²) in [6.45, 7) is 2.06. The molecule has 11 aliphatic rings. The van der Waals surface area contributed by atoms with E-state index in [2.05, 4.69) is 13.5 Å². The Bertz CT molecular complexity index is 2720. The van der Waals surface area contributed by atoms with Crippen LogP contribution in [-0.4, -0.2) is 390 Å². The van der Waals surface area contributed by atoms with E-state index in [4.69, 9.17) is 66.3 Å². The van der Waals surface area contributed by atoms with E-state index in [0.717, 1.165) is 0 Å². The van der Waals surface area contributed by atoms with Gasteiger partial charge in [0, 0.05) is 0 Å². The average molecular weight is 1450 g/mol. The monoisotopic (exact) mass is 1450 g/mol. The van der Waals surface area contributed by atoms with Gasteiger partial charge in [0.2, 0.25) is 6.29 Å². The van der Waals surface area contributed by atoms with E-state index in [-0.39, 0.29) is 25.2 Å². The second-order valence-corrected chi connectivity index (χ2v) is 29.3. The maximum atomic E-state index is 15.5. The van der Waals surface area contributed by atoms with Crippen LogP contribution in [0.2, 0.25) is 0 Å². The van der Waals surface area contributed by atoms with Crippen molar-refractivity contribution in [2.45, 2.75) is 292 Å². The quantitative estimate of drug-likeness (QED) is 0.0288. The average Bonchev–Trinajstić information content (AvgIpc) is 1.44. The summed E-state index contributed by atoms with van der Waals surface area (Å²) in [7, 11) is 0. The fourth-order valence-electron chi connectivity index (χ4n) is 17.8. The van der Waals surface area contributed by atoms with Gasteiger partial charge in [-0.15, -0.1) is 0 Å². The number of fused-ring (bicyclic) bond motifs is 3. The van der Waals surface area contributed by atoms with Gasteiger partial charge >= 0.3 is 5.97 Å². The third kappa shape index (κ3) is 14.1. The normalized spacial score (nSPS) is 54.5. The highest BCUT2D eigenvalue weighted by Crippen LogP contribution is 2.74. The molecule has 1 spiro atoms. The fourth-order valence-corrected chi connectivity index (χ4v) is 17.8. The summed E-state index contributed by atoms with van der Waals surface area (Å²) in [5.74, 6) is -1.56. The Labute approximate surface area is 571 Å². The SMILES string of the molecule is C=C1C[C@@]23CCC4[C@](C)(C(=O)OC5OC(CO)C(O)C(OC6OC(CO)C(O)C(O)C6O)C5OC5OC(CO)C(O)C(O)C5O)CCC[C@@]4(C)[C@@H]2CC[C@]1(OC1OC(CO)[C@H](O)C(O[C@@H]2OC(COC4OC(CO)C(O)C(O)C4O)C(O)C(O)C2O)C1OC1OC(CO)C(O)C(O)C1O)C3. The second kappa shape index (κ2) is 31.2. The molecule has 34 unspecified atom stereocenters. The lowest BCUT2D eigenvalue weighted by Gasteiger charge is -2.64. The van der Waals surface area contributed by atoms with E-state index in [1.165, 1.54) is 0 Å². The number of esters is 1. The van der Waals surface area contributed by atoms with Crippen LogP contribution in [0.5, 0.6) is 0 Å². The number of rotatable bonds is 21. The molecular formula is C62H100O38. The van der Waals surface area contributed by atoms with Gasteiger partial charge in [0.1, 0.15) is 165 Å². The fraction of sp³-hybridized carbons (Fsp3) is 0.952. The molecule has 4 saturated carbocycles. The molecule has 100 heavy (non-hydrogen) atoms. The van der Waals surface area contributed by atoms with Gasteiger partial charge in [0.05, 0.1) is 57.3 Å². The van der Waals surface area contributed by atoms with Crippen molar-refractivity contribution in [1.82, 2.24) is 0 Å². The van der Waals surface area contributed by atoms with Crippen molar-refractivity contribution in [3.05, 3.63) is 12.2 Å². The summed E-state index contributed by atoms with van der Waals surface area (Å²) in [6, 6.07) is 0. The van der Waals surface area contributed by atoms with E-state index in [0.29, 0.717) is 44.1 Å². The highest BCUT2D eigenvalue weighted by molar-refractivity contribution is 5.77. The molecule has 0 aromatic rings. The lowest BCUT2D eigenvalue weighted by molar-refractivity contribution is -0.401. The van der Waals surface area contributed by atoms with Crippen molar-refractivity contribution >= 4 is 5.97 Å². The molecule has 0 aromatic heterocycles. The van der Waals surface area contributed by atoms with E-state index < -0.39 is 295 Å². The highest BCUT2D eigenvalue weighted by Gasteiger charge is 2.70. The number of hydrogen-bond acceptors (Lipinski definition) is 38. The van der Waals surface area contributed by atoms with Crippen molar-refractivity contribution < 1.29 is 189 Å². The van der Waals surface area contributed by atoms with Crippen LogP contribution >= 0.6 is 0 Å². The molecule has 0 aromatic carbocycles. The van der Waals surface area contributed by atoms with Gasteiger partial charge < -0.3 is 184 Å². The second-order valence-electron chi connectivity index (χ2n) is 29.3. The zero-order chi connectivity index (χ0) is 72.7. The Balaban J connectivity index is 0.853. The molecule has 4 aliphatic carbocycles. The maximum Gasteiger partial charge on any atom is 0.314 e. The molecule has 41 atom stereocenters. The highest BCUT2D eigenvalue weighted by atomic mass is 16.8. The first-order valence-corrected chi connectivity index (χ1v) is 33.9. The van der Waals surface area contributed by atoms with Gasteiger partial charge in [0.25, 0.3) is 0 Å². The molecule has 11 rings (SSSR count). The van der Waals surface area contributed by atoms with Crippen molar-refractivity contribution in [3.63, 3.8) is 0 Å². The van der Waals surface area contributed by atoms with Crippen LogP contribution in [0.4, 0.5) is 0 Å². The molecule has 7 aliphatic heterocycles. The summed E-state index contributed by atoms with van der Waals surface area (Å²) < 4.78 is 84.6. The molecule has 0 amide bonds. The third-order valence-corrected chi connectivity index (χ3v) is 23.4. The zero-order valence-electron chi connectivity index (χ0n) is 54.8. The first-order valence-electron chi connectivity index (χ1n) is 33.9. The van der Waals surface area contributed by atoms with Crippen molar-refractivity contribution in [3.8, 4) is 0 Å². The third-order valence-electron chi connectivity index (χ3n) is 23.4. The minimum atomic E-state index is -2.17. The van der Waals surface area contributed by atoms with Crippen LogP contribution in [-0.2, 0) is 71.1 Å². The van der Waals surface area contributed by atoms with Crippen molar-refractivity contribution in [2.24, 2.45) is 28.1 Å². The Morgan fingerprint density at radius 3 is 1.19 bits per heavy atom. The van der Waals surface area contributed by atoms with Crippen molar-refractivity contribution in [1.29, 1.82) is 0 Å². The Kier molecular flexibility index (Phi) is 24.6. The zero-order valence-corrected chi connectivity index (χ0v) is 54.8. The smallest absolute Gasteiger partial charge is 0.314 e. The first-order chi connectivity index (χ1) is 47.3. The van der Waals surface area contributed by atoms with Crippen LogP contribution < -0.4 is 0 Å². The molecule has 2 bridgehead atoms. The maximum absolute atomic E-state index is 15.5. The predicted octanol–water partition coefficient (Wildman–Crippen LogP) is -11.6. The summed E-state index contributed by atoms with van der Waals surface area (Å²) >= 11 is 0. The van der Waals surface area contributed by atoms with Crippen LogP contribution in [0.25, 0.3) is 0 Å². The summed E-state index contributed by atoms with van der Waals surface area (Å²) in [5, 5.41) is 249. The standard InChI is InChI=1S/C62H100O38/c1-20-11-61-9-5-28-59(2,7-4-8-60(28,3)58(86)99-56-49(97-53-44(83)39(78)32(71)23(14-65)90-53)47(35(74)25(16-67)92-56)95-52-43(82)38(77)31(70)22(13-64)89-52)29(61)6-10-62(20,19-61)100-57-50(98-54-45(84)40(79)33(72)24(15-66)91-54)48(36(75)26(17-68)93-57)96-55-46(85)41(80)34(73)27(94-55)18-87-51-42(81)37(76)30(69)21(12-63)88-51/h21-57,63-85H,1,4-19H2,2-3H3/t21?,22?,23?,24?,25?,26?,27?,28?,29-,30?,31?,32?,33?,34?,35?,36-,37?,38?,39?,40?,41?,42?,43?,44?,45?,46?,47?,48?,49?,50?,51?,52?,53?,54?,55-,56?,57?,59+,60+,61+,62-/m0/s1. The van der Waals surface area contributed by atoms with Crippen LogP contribution in [0.3, 0.4) is 0 Å². The minimum absolute atomic E-state index is 0.185. The molecule has 11 fully saturated rings. The number of ether oxygens (including phenoxy) is 14. The van der Waals surface area contributed by atoms with Gasteiger partial charge in [-0.05, 0) is 86.5 Å². The van der Waals surface area contributed by atoms with Gasteiger partial charge in [-0.3, -0.25) is 4.79 Å². The molecule has 38 heteroatoms. The van der Waals surface area contributed by atoms with E-state index in [9.17, 15) is 117 Å². The lowest BCUT2D eigenvalue weighted by atomic mass is 9.41. The largest absolute Gasteiger partial charge is 0.432 e. The van der Waals surface area contributed by atoms with Gasteiger partial charge in [-0.2, -0.15) is 0 Å². The Morgan fingerprint density at radius 1 is 0.400 bits per heavy atom. The number of hydrogen-bond donors (Lipinski definition) is 23. The van der Waals surface area contributed by atoms with Crippen LogP contribution in [0.1, 0.15) is 71.6 Å². The summed E-state index contributed by atoms with van der Waals surface area (Å²) in [5.41, 5.74) is -3.52. The molecule has 23 N–H and O–H groups in total. The minimum Gasteiger partial charge on any atom is -0.432 e. The number of carbonyl (C=O) groups excluding carboxylic acids is 1. The van der Waals surface area contributed by atoms with Crippen LogP contribution in [0, 0.1) is 28.1 Å². The molecule has 7 heterocycles. The Hall–Kier alpha value is -2.23. The Morgan fingerprint density at radius 2 is 0.750 bits per heavy atom. The van der Waals surface area contributed by atoms with Crippen LogP contribution in [0.15, 0.2) is 12.2 Å². The number of aliphatic hydroxyl groups excluding tert-OH is 23.